The number of nitrogen functional groups attached to an aromatic ring is 1. The maximum atomic E-state index is 12.9. The lowest BCUT2D eigenvalue weighted by molar-refractivity contribution is 0.145. The minimum Gasteiger partial charge on any atom is -0.393 e. The Labute approximate surface area is 216 Å². The predicted octanol–water partition coefficient (Wildman–Crippen LogP) is 3.76. The zero-order valence-electron chi connectivity index (χ0n) is 21.0. The Balaban J connectivity index is 1.46. The second-order valence-corrected chi connectivity index (χ2v) is 12.1. The number of aliphatic hydroxyl groups excluding tert-OH is 1. The van der Waals surface area contributed by atoms with Crippen molar-refractivity contribution in [2.24, 2.45) is 0 Å². The molecule has 9 nitrogen and oxygen atoms in total. The molecule has 4 aromatic rings. The van der Waals surface area contributed by atoms with E-state index in [-0.39, 0.29) is 18.6 Å². The molecule has 0 saturated carbocycles. The summed E-state index contributed by atoms with van der Waals surface area (Å²) < 4.78 is 27.8. The quantitative estimate of drug-likeness (QED) is 0.336. The first-order chi connectivity index (χ1) is 17.7. The molecular weight excluding hydrogens is 488 g/mol. The van der Waals surface area contributed by atoms with E-state index in [2.05, 4.69) is 32.3 Å². The Morgan fingerprint density at radius 1 is 1.03 bits per heavy atom. The third-order valence-electron chi connectivity index (χ3n) is 6.85. The van der Waals surface area contributed by atoms with Gasteiger partial charge >= 0.3 is 0 Å². The van der Waals surface area contributed by atoms with Crippen LogP contribution in [0.15, 0.2) is 65.7 Å². The highest BCUT2D eigenvalue weighted by molar-refractivity contribution is 7.92. The van der Waals surface area contributed by atoms with Crippen LogP contribution < -0.4 is 16.0 Å². The van der Waals surface area contributed by atoms with Crippen molar-refractivity contribution in [1.82, 2.24) is 14.5 Å². The average Bonchev–Trinajstić information content (AvgIpc) is 3.32. The van der Waals surface area contributed by atoms with E-state index in [1.165, 1.54) is 0 Å². The standard InChI is InChI=1S/C27H32N6O3S/c1-18(2)37(35,36)24-6-4-3-5-19(24)17-29-26-25-23(30-27(28)31-26)13-16-33(25)21-9-7-20(8-10-21)32-14-11-22(34)12-15-32/h3-10,13,16,18,22,34H,11-12,14-15,17H2,1-2H3,(H3,28,29,30,31). The summed E-state index contributed by atoms with van der Waals surface area (Å²) in [7, 11) is -3.44. The van der Waals surface area contributed by atoms with Gasteiger partial charge in [0.05, 0.1) is 21.8 Å². The summed E-state index contributed by atoms with van der Waals surface area (Å²) >= 11 is 0. The molecule has 4 N–H and O–H groups in total. The monoisotopic (exact) mass is 520 g/mol. The Hall–Kier alpha value is -3.63. The highest BCUT2D eigenvalue weighted by Gasteiger charge is 2.23. The lowest BCUT2D eigenvalue weighted by Gasteiger charge is -2.31. The van der Waals surface area contributed by atoms with Gasteiger partial charge in [0.15, 0.2) is 15.7 Å². The maximum Gasteiger partial charge on any atom is 0.222 e. The van der Waals surface area contributed by atoms with Crippen LogP contribution in [0.4, 0.5) is 17.5 Å². The maximum absolute atomic E-state index is 12.9. The van der Waals surface area contributed by atoms with Gasteiger partial charge in [-0.3, -0.25) is 0 Å². The number of hydrogen-bond acceptors (Lipinski definition) is 8. The van der Waals surface area contributed by atoms with E-state index in [1.807, 2.05) is 35.0 Å². The molecule has 1 aliphatic rings. The van der Waals surface area contributed by atoms with E-state index in [0.29, 0.717) is 21.8 Å². The second kappa shape index (κ2) is 10.0. The van der Waals surface area contributed by atoms with Gasteiger partial charge in [-0.05, 0) is 68.7 Å². The smallest absolute Gasteiger partial charge is 0.222 e. The van der Waals surface area contributed by atoms with E-state index in [0.717, 1.165) is 42.8 Å². The first-order valence-corrected chi connectivity index (χ1v) is 14.0. The molecule has 0 spiro atoms. The summed E-state index contributed by atoms with van der Waals surface area (Å²) in [4.78, 5) is 11.4. The predicted molar refractivity (Wildman–Crippen MR) is 147 cm³/mol. The minimum atomic E-state index is -3.44. The normalized spacial score (nSPS) is 15.0. The lowest BCUT2D eigenvalue weighted by atomic mass is 10.1. The molecule has 2 aromatic heterocycles. The van der Waals surface area contributed by atoms with Crippen LogP contribution in [0.5, 0.6) is 0 Å². The van der Waals surface area contributed by atoms with Gasteiger partial charge in [0, 0.05) is 37.2 Å². The number of nitrogens with zero attached hydrogens (tertiary/aromatic N) is 4. The topological polar surface area (TPSA) is 126 Å². The van der Waals surface area contributed by atoms with Crippen LogP contribution in [0.25, 0.3) is 16.7 Å². The Morgan fingerprint density at radius 3 is 2.41 bits per heavy atom. The summed E-state index contributed by atoms with van der Waals surface area (Å²) in [5.41, 5.74) is 10.2. The Bertz CT molecular complexity index is 1510. The molecular formula is C27H32N6O3S. The van der Waals surface area contributed by atoms with Gasteiger partial charge in [0.2, 0.25) is 5.95 Å². The highest BCUT2D eigenvalue weighted by atomic mass is 32.2. The van der Waals surface area contributed by atoms with Crippen LogP contribution in [0.3, 0.4) is 0 Å². The second-order valence-electron chi connectivity index (χ2n) is 9.64. The number of sulfone groups is 1. The molecule has 0 atom stereocenters. The number of nitrogens with two attached hydrogens (primary N) is 1. The third-order valence-corrected chi connectivity index (χ3v) is 9.11. The van der Waals surface area contributed by atoms with Crippen LogP contribution in [0.2, 0.25) is 0 Å². The first-order valence-electron chi connectivity index (χ1n) is 12.5. The molecule has 1 aliphatic heterocycles. The van der Waals surface area contributed by atoms with Gasteiger partial charge in [-0.2, -0.15) is 4.98 Å². The van der Waals surface area contributed by atoms with Gasteiger partial charge in [-0.1, -0.05) is 18.2 Å². The number of benzene rings is 2. The zero-order valence-corrected chi connectivity index (χ0v) is 21.8. The lowest BCUT2D eigenvalue weighted by Crippen LogP contribution is -2.35. The van der Waals surface area contributed by atoms with Crippen LogP contribution >= 0.6 is 0 Å². The SMILES string of the molecule is CC(C)S(=O)(=O)c1ccccc1CNc1nc(N)nc2ccn(-c3ccc(N4CCC(O)CC4)cc3)c12. The summed E-state index contributed by atoms with van der Waals surface area (Å²) in [6.45, 7) is 5.30. The molecule has 0 unspecified atom stereocenters. The van der Waals surface area contributed by atoms with E-state index < -0.39 is 15.1 Å². The molecule has 0 aliphatic carbocycles. The number of aromatic nitrogens is 3. The molecule has 5 rings (SSSR count). The fourth-order valence-corrected chi connectivity index (χ4v) is 5.99. The first kappa shape index (κ1) is 25.0. The molecule has 2 aromatic carbocycles. The molecule has 194 valence electrons. The number of aliphatic hydroxyl groups is 1. The average molecular weight is 521 g/mol. The van der Waals surface area contributed by atoms with Gasteiger partial charge < -0.3 is 25.6 Å². The van der Waals surface area contributed by atoms with E-state index in [4.69, 9.17) is 5.73 Å². The zero-order chi connectivity index (χ0) is 26.2. The number of rotatable bonds is 7. The fraction of sp³-hybridized carbons (Fsp3) is 0.333. The molecule has 3 heterocycles. The van der Waals surface area contributed by atoms with Crippen molar-refractivity contribution in [2.75, 3.05) is 29.0 Å². The van der Waals surface area contributed by atoms with Crippen LogP contribution in [-0.4, -0.2) is 52.5 Å². The number of piperidine rings is 1. The van der Waals surface area contributed by atoms with Crippen molar-refractivity contribution in [3.8, 4) is 5.69 Å². The molecule has 0 radical (unpaired) electrons. The van der Waals surface area contributed by atoms with Gasteiger partial charge in [-0.25, -0.2) is 13.4 Å². The number of fused-ring (bicyclic) bond motifs is 1. The summed E-state index contributed by atoms with van der Waals surface area (Å²) in [5.74, 6) is 0.664. The minimum absolute atomic E-state index is 0.137. The van der Waals surface area contributed by atoms with Gasteiger partial charge in [0.1, 0.15) is 5.52 Å². The largest absolute Gasteiger partial charge is 0.393 e. The van der Waals surface area contributed by atoms with E-state index in [1.54, 1.807) is 32.0 Å². The molecule has 0 amide bonds. The van der Waals surface area contributed by atoms with E-state index >= 15 is 0 Å². The van der Waals surface area contributed by atoms with Crippen LogP contribution in [0.1, 0.15) is 32.3 Å². The molecule has 0 bridgehead atoms. The van der Waals surface area contributed by atoms with Crippen molar-refractivity contribution < 1.29 is 13.5 Å². The summed E-state index contributed by atoms with van der Waals surface area (Å²) in [6.07, 6.45) is 3.27. The van der Waals surface area contributed by atoms with Crippen molar-refractivity contribution in [3.63, 3.8) is 0 Å². The Kier molecular flexibility index (Phi) is 6.78. The van der Waals surface area contributed by atoms with Crippen LogP contribution in [0, 0.1) is 0 Å². The fourth-order valence-electron chi connectivity index (χ4n) is 4.71. The number of nitrogens with one attached hydrogen (secondary N) is 1. The van der Waals surface area contributed by atoms with Crippen molar-refractivity contribution >= 4 is 38.3 Å². The molecule has 1 saturated heterocycles. The summed E-state index contributed by atoms with van der Waals surface area (Å²) in [5, 5.41) is 12.6. The van der Waals surface area contributed by atoms with E-state index in [9.17, 15) is 13.5 Å². The molecule has 1 fully saturated rings. The Morgan fingerprint density at radius 2 is 1.70 bits per heavy atom. The van der Waals surface area contributed by atoms with Crippen molar-refractivity contribution in [2.45, 2.75) is 49.5 Å². The number of anilines is 3. The van der Waals surface area contributed by atoms with Gasteiger partial charge in [-0.15, -0.1) is 0 Å². The molecule has 37 heavy (non-hydrogen) atoms. The number of hydrogen-bond donors (Lipinski definition) is 3. The highest BCUT2D eigenvalue weighted by Crippen LogP contribution is 2.29. The third kappa shape index (κ3) is 4.99. The van der Waals surface area contributed by atoms with Crippen LogP contribution in [-0.2, 0) is 16.4 Å². The van der Waals surface area contributed by atoms with Crippen molar-refractivity contribution in [1.29, 1.82) is 0 Å². The van der Waals surface area contributed by atoms with Gasteiger partial charge in [0.25, 0.3) is 0 Å². The van der Waals surface area contributed by atoms with Crippen molar-refractivity contribution in [3.05, 3.63) is 66.4 Å². The summed E-state index contributed by atoms with van der Waals surface area (Å²) in [6, 6.07) is 17.2. The molecule has 10 heteroatoms.